The first-order valence-electron chi connectivity index (χ1n) is 12.1. The number of nitrogens with zero attached hydrogens (tertiary/aromatic N) is 2. The summed E-state index contributed by atoms with van der Waals surface area (Å²) in [5, 5.41) is 7.09. The molecule has 2 aromatic carbocycles. The number of nitrogens with two attached hydrogens (primary N) is 1. The van der Waals surface area contributed by atoms with E-state index in [1.165, 1.54) is 11.1 Å². The van der Waals surface area contributed by atoms with Crippen LogP contribution >= 0.6 is 0 Å². The smallest absolute Gasteiger partial charge is 0.265 e. The Morgan fingerprint density at radius 1 is 1.23 bits per heavy atom. The molecule has 0 saturated carbocycles. The molecule has 0 aliphatic carbocycles. The van der Waals surface area contributed by atoms with Gasteiger partial charge in [-0.2, -0.15) is 0 Å². The van der Waals surface area contributed by atoms with Gasteiger partial charge in [-0.15, -0.1) is 0 Å². The second kappa shape index (κ2) is 11.2. The fraction of sp³-hybridized carbons (Fsp3) is 0.357. The third kappa shape index (κ3) is 6.31. The lowest BCUT2D eigenvalue weighted by atomic mass is 9.97. The highest BCUT2D eigenvalue weighted by Crippen LogP contribution is 2.35. The minimum atomic E-state index is -0.0466. The quantitative estimate of drug-likeness (QED) is 0.478. The molecule has 0 radical (unpaired) electrons. The molecule has 7 nitrogen and oxygen atoms in total. The van der Waals surface area contributed by atoms with Crippen molar-refractivity contribution in [2.75, 3.05) is 29.9 Å². The third-order valence-corrected chi connectivity index (χ3v) is 6.27. The topological polar surface area (TPSA) is 92.0 Å². The van der Waals surface area contributed by atoms with Crippen molar-refractivity contribution in [1.82, 2.24) is 5.32 Å². The third-order valence-electron chi connectivity index (χ3n) is 6.27. The lowest BCUT2D eigenvalue weighted by Gasteiger charge is -2.32. The lowest BCUT2D eigenvalue weighted by molar-refractivity contribution is -0.121. The Hall–Kier alpha value is -3.58. The van der Waals surface area contributed by atoms with Crippen LogP contribution in [-0.4, -0.2) is 44.0 Å². The number of hydrogen-bond acceptors (Lipinski definition) is 6. The Bertz CT molecular complexity index is 1120. The van der Waals surface area contributed by atoms with Crippen LogP contribution in [0.4, 0.5) is 11.4 Å². The van der Waals surface area contributed by atoms with Gasteiger partial charge in [0.2, 0.25) is 0 Å². The number of benzene rings is 2. The van der Waals surface area contributed by atoms with Crippen LogP contribution in [-0.2, 0) is 4.79 Å². The van der Waals surface area contributed by atoms with Crippen LogP contribution in [0.15, 0.2) is 65.8 Å². The first-order chi connectivity index (χ1) is 16.9. The van der Waals surface area contributed by atoms with Crippen LogP contribution in [0.5, 0.6) is 5.75 Å². The van der Waals surface area contributed by atoms with Crippen molar-refractivity contribution in [3.05, 3.63) is 77.5 Å². The van der Waals surface area contributed by atoms with E-state index in [9.17, 15) is 4.79 Å². The highest BCUT2D eigenvalue weighted by atomic mass is 16.5. The van der Waals surface area contributed by atoms with E-state index in [1.807, 2.05) is 35.3 Å². The van der Waals surface area contributed by atoms with Crippen LogP contribution in [0.2, 0.25) is 0 Å². The fourth-order valence-electron chi connectivity index (χ4n) is 4.61. The number of ether oxygens (including phenoxy) is 1. The molecule has 4 rings (SSSR count). The Labute approximate surface area is 207 Å². The molecule has 0 saturated heterocycles. The van der Waals surface area contributed by atoms with Crippen LogP contribution in [0.3, 0.4) is 0 Å². The second-order valence-electron chi connectivity index (χ2n) is 9.28. The van der Waals surface area contributed by atoms with E-state index >= 15 is 0 Å². The first kappa shape index (κ1) is 24.5. The van der Waals surface area contributed by atoms with Gasteiger partial charge in [0.1, 0.15) is 5.75 Å². The number of aryl methyl sites for hydroxylation is 2. The summed E-state index contributed by atoms with van der Waals surface area (Å²) < 4.78 is 5.72. The van der Waals surface area contributed by atoms with Crippen molar-refractivity contribution in [1.29, 1.82) is 0 Å². The van der Waals surface area contributed by atoms with Gasteiger partial charge in [0.05, 0.1) is 17.9 Å². The number of fused-ring (bicyclic) bond motifs is 1. The van der Waals surface area contributed by atoms with Gasteiger partial charge < -0.3 is 20.7 Å². The zero-order chi connectivity index (χ0) is 24.8. The predicted octanol–water partition coefficient (Wildman–Crippen LogP) is 4.03. The van der Waals surface area contributed by atoms with Gasteiger partial charge in [-0.1, -0.05) is 24.3 Å². The number of rotatable bonds is 9. The molecule has 2 aliphatic heterocycles. The Balaban J connectivity index is 1.48. The summed E-state index contributed by atoms with van der Waals surface area (Å²) in [6.07, 6.45) is 10.3. The summed E-state index contributed by atoms with van der Waals surface area (Å²) in [6.45, 7) is 7.56. The van der Waals surface area contributed by atoms with Gasteiger partial charge in [-0.05, 0) is 80.4 Å². The largest absolute Gasteiger partial charge is 0.482 e. The molecule has 4 N–H and O–H groups in total. The molecule has 0 fully saturated rings. The Morgan fingerprint density at radius 3 is 2.74 bits per heavy atom. The van der Waals surface area contributed by atoms with Gasteiger partial charge in [0.25, 0.3) is 5.91 Å². The minimum absolute atomic E-state index is 0.0308. The van der Waals surface area contributed by atoms with E-state index in [-0.39, 0.29) is 30.6 Å². The van der Waals surface area contributed by atoms with Gasteiger partial charge >= 0.3 is 0 Å². The summed E-state index contributed by atoms with van der Waals surface area (Å²) in [5.74, 6) is 0.704. The summed E-state index contributed by atoms with van der Waals surface area (Å²) >= 11 is 0. The maximum Gasteiger partial charge on any atom is 0.265 e. The molecule has 0 bridgehead atoms. The average Bonchev–Trinajstić information content (AvgIpc) is 2.83. The van der Waals surface area contributed by atoms with E-state index < -0.39 is 0 Å². The molecule has 0 spiro atoms. The molecule has 1 amide bonds. The molecular weight excluding hydrogens is 438 g/mol. The molecule has 184 valence electrons. The van der Waals surface area contributed by atoms with Gasteiger partial charge in [-0.25, -0.2) is 0 Å². The zero-order valence-corrected chi connectivity index (χ0v) is 20.7. The second-order valence-corrected chi connectivity index (χ2v) is 9.28. The molecule has 2 aliphatic rings. The highest BCUT2D eigenvalue weighted by Gasteiger charge is 2.28. The molecule has 7 heteroatoms. The lowest BCUT2D eigenvalue weighted by Crippen LogP contribution is -2.43. The molecule has 0 aromatic heterocycles. The molecule has 2 aromatic rings. The molecule has 3 atom stereocenters. The van der Waals surface area contributed by atoms with Crippen LogP contribution < -0.4 is 26.0 Å². The van der Waals surface area contributed by atoms with E-state index in [4.69, 9.17) is 10.5 Å². The Kier molecular flexibility index (Phi) is 7.87. The first-order valence-corrected chi connectivity index (χ1v) is 12.1. The van der Waals surface area contributed by atoms with E-state index in [0.29, 0.717) is 13.1 Å². The number of nitrogens with one attached hydrogen (secondary N) is 2. The maximum atomic E-state index is 12.8. The Morgan fingerprint density at radius 2 is 2.03 bits per heavy atom. The van der Waals surface area contributed by atoms with Crippen molar-refractivity contribution in [2.45, 2.75) is 45.3 Å². The van der Waals surface area contributed by atoms with Crippen LogP contribution in [0.25, 0.3) is 0 Å². The van der Waals surface area contributed by atoms with Crippen LogP contribution in [0.1, 0.15) is 36.0 Å². The summed E-state index contributed by atoms with van der Waals surface area (Å²) in [4.78, 5) is 19.1. The monoisotopic (exact) mass is 473 g/mol. The number of amides is 1. The number of hydrogen-bond donors (Lipinski definition) is 3. The summed E-state index contributed by atoms with van der Waals surface area (Å²) in [6, 6.07) is 12.5. The molecule has 3 unspecified atom stereocenters. The van der Waals surface area contributed by atoms with Crippen molar-refractivity contribution < 1.29 is 9.53 Å². The predicted molar refractivity (Wildman–Crippen MR) is 143 cm³/mol. The van der Waals surface area contributed by atoms with E-state index in [0.717, 1.165) is 29.1 Å². The van der Waals surface area contributed by atoms with Crippen molar-refractivity contribution in [2.24, 2.45) is 10.7 Å². The highest BCUT2D eigenvalue weighted by molar-refractivity contribution is 5.98. The molecular formula is C28H35N5O2. The van der Waals surface area contributed by atoms with Crippen molar-refractivity contribution in [3.8, 4) is 5.75 Å². The summed E-state index contributed by atoms with van der Waals surface area (Å²) in [5.41, 5.74) is 11.2. The normalized spacial score (nSPS) is 18.9. The van der Waals surface area contributed by atoms with Gasteiger partial charge in [0, 0.05) is 30.9 Å². The summed E-state index contributed by atoms with van der Waals surface area (Å²) in [7, 11) is 0. The standard InChI is InChI=1S/C28H35N5O2/c1-19-12-20(2)14-25(13-19)32-21(3)31-16-23(9-10-29)22-7-8-27-26(15-22)33(28(34)18-35-27)17-24-6-4-5-11-30-24/h4-5,7-15,21,23-24,31-32H,6,16-18,29H2,1-3H3. The van der Waals surface area contributed by atoms with E-state index in [2.05, 4.69) is 60.7 Å². The number of carbonyl (C=O) groups is 1. The van der Waals surface area contributed by atoms with Crippen LogP contribution in [0, 0.1) is 13.8 Å². The fourth-order valence-corrected chi connectivity index (χ4v) is 4.61. The zero-order valence-electron chi connectivity index (χ0n) is 20.7. The van der Waals surface area contributed by atoms with Gasteiger partial charge in [0.15, 0.2) is 6.61 Å². The molecule has 2 heterocycles. The SMILES string of the molecule is Cc1cc(C)cc(NC(C)NCC(C=CN)c2ccc3c(c2)N(CC2CC=CC=N2)C(=O)CO3)c1. The maximum absolute atomic E-state index is 12.8. The number of allylic oxidation sites excluding steroid dienone is 1. The van der Waals surface area contributed by atoms with Gasteiger partial charge in [-0.3, -0.25) is 15.1 Å². The minimum Gasteiger partial charge on any atom is -0.482 e. The van der Waals surface area contributed by atoms with E-state index in [1.54, 1.807) is 12.4 Å². The number of dihydropyridines is 1. The molecule has 35 heavy (non-hydrogen) atoms. The number of anilines is 2. The number of aliphatic imine (C=N–C) groups is 1. The van der Waals surface area contributed by atoms with Crippen molar-refractivity contribution in [3.63, 3.8) is 0 Å². The average molecular weight is 474 g/mol. The number of carbonyl (C=O) groups excluding carboxylic acids is 1. The van der Waals surface area contributed by atoms with Crippen molar-refractivity contribution >= 4 is 23.5 Å².